The SMILES string of the molecule is CCOC(=O)OC1=C(c2cc(C(=O)OC)ccc2C)C(=O)NC12CCN(OC)CC2. The maximum absolute atomic E-state index is 13.1. The Hall–Kier alpha value is -2.91. The molecule has 0 aromatic heterocycles. The van der Waals surface area contributed by atoms with Crippen molar-refractivity contribution in [3.63, 3.8) is 0 Å². The Morgan fingerprint density at radius 3 is 2.50 bits per heavy atom. The zero-order valence-electron chi connectivity index (χ0n) is 17.6. The van der Waals surface area contributed by atoms with Gasteiger partial charge in [0.05, 0.1) is 32.0 Å². The second-order valence-corrected chi connectivity index (χ2v) is 7.16. The number of hydrogen-bond donors (Lipinski definition) is 1. The molecule has 1 aromatic rings. The molecule has 1 N–H and O–H groups in total. The molecular weight excluding hydrogens is 392 g/mol. The monoisotopic (exact) mass is 418 g/mol. The largest absolute Gasteiger partial charge is 0.513 e. The normalized spacial score (nSPS) is 18.3. The molecule has 0 atom stereocenters. The van der Waals surface area contributed by atoms with Crippen LogP contribution in [-0.2, 0) is 23.8 Å². The number of rotatable bonds is 5. The maximum atomic E-state index is 13.1. The van der Waals surface area contributed by atoms with Crippen molar-refractivity contribution in [3.8, 4) is 0 Å². The lowest BCUT2D eigenvalue weighted by molar-refractivity contribution is -0.152. The van der Waals surface area contributed by atoms with Gasteiger partial charge in [-0.2, -0.15) is 5.06 Å². The van der Waals surface area contributed by atoms with E-state index in [1.807, 2.05) is 6.92 Å². The summed E-state index contributed by atoms with van der Waals surface area (Å²) in [4.78, 5) is 42.6. The van der Waals surface area contributed by atoms with Crippen molar-refractivity contribution in [3.05, 3.63) is 40.6 Å². The van der Waals surface area contributed by atoms with Gasteiger partial charge in [-0.3, -0.25) is 4.79 Å². The van der Waals surface area contributed by atoms with Crippen molar-refractivity contribution in [1.29, 1.82) is 0 Å². The third-order valence-corrected chi connectivity index (χ3v) is 5.45. The van der Waals surface area contributed by atoms with Gasteiger partial charge in [0, 0.05) is 13.1 Å². The number of carbonyl (C=O) groups is 3. The van der Waals surface area contributed by atoms with Gasteiger partial charge in [0.15, 0.2) is 5.76 Å². The van der Waals surface area contributed by atoms with Gasteiger partial charge in [-0.25, -0.2) is 9.59 Å². The van der Waals surface area contributed by atoms with Crippen LogP contribution >= 0.6 is 0 Å². The lowest BCUT2D eigenvalue weighted by Crippen LogP contribution is -2.53. The van der Waals surface area contributed by atoms with Crippen LogP contribution in [0.5, 0.6) is 0 Å². The molecule has 30 heavy (non-hydrogen) atoms. The van der Waals surface area contributed by atoms with E-state index in [4.69, 9.17) is 19.0 Å². The Morgan fingerprint density at radius 2 is 1.90 bits per heavy atom. The van der Waals surface area contributed by atoms with E-state index in [1.54, 1.807) is 37.3 Å². The molecule has 0 unspecified atom stereocenters. The summed E-state index contributed by atoms with van der Waals surface area (Å²) < 4.78 is 15.4. The number of hydroxylamine groups is 2. The summed E-state index contributed by atoms with van der Waals surface area (Å²) in [6.45, 7) is 4.72. The highest BCUT2D eigenvalue weighted by molar-refractivity contribution is 6.24. The Labute approximate surface area is 174 Å². The summed E-state index contributed by atoms with van der Waals surface area (Å²) in [5.74, 6) is -0.677. The number of nitrogens with one attached hydrogen (secondary N) is 1. The highest BCUT2D eigenvalue weighted by Gasteiger charge is 2.50. The average molecular weight is 418 g/mol. The maximum Gasteiger partial charge on any atom is 0.513 e. The molecule has 1 spiro atoms. The van der Waals surface area contributed by atoms with Crippen LogP contribution in [0.25, 0.3) is 5.57 Å². The summed E-state index contributed by atoms with van der Waals surface area (Å²) in [7, 11) is 2.88. The van der Waals surface area contributed by atoms with Crippen LogP contribution in [0, 0.1) is 6.92 Å². The predicted molar refractivity (Wildman–Crippen MR) is 106 cm³/mol. The van der Waals surface area contributed by atoms with Crippen LogP contribution < -0.4 is 5.32 Å². The molecule has 0 saturated carbocycles. The summed E-state index contributed by atoms with van der Waals surface area (Å²) >= 11 is 0. The minimum Gasteiger partial charge on any atom is -0.465 e. The lowest BCUT2D eigenvalue weighted by atomic mass is 9.85. The quantitative estimate of drug-likeness (QED) is 0.726. The third-order valence-electron chi connectivity index (χ3n) is 5.45. The number of esters is 1. The van der Waals surface area contributed by atoms with Gasteiger partial charge < -0.3 is 24.4 Å². The van der Waals surface area contributed by atoms with Gasteiger partial charge in [-0.1, -0.05) is 6.07 Å². The van der Waals surface area contributed by atoms with E-state index in [-0.39, 0.29) is 23.8 Å². The number of nitrogens with zero attached hydrogens (tertiary/aromatic N) is 1. The van der Waals surface area contributed by atoms with E-state index < -0.39 is 17.7 Å². The Bertz CT molecular complexity index is 885. The van der Waals surface area contributed by atoms with Gasteiger partial charge >= 0.3 is 12.1 Å². The highest BCUT2D eigenvalue weighted by atomic mass is 16.7. The molecule has 2 heterocycles. The topological polar surface area (TPSA) is 103 Å². The van der Waals surface area contributed by atoms with Crippen molar-refractivity contribution in [2.75, 3.05) is 33.9 Å². The van der Waals surface area contributed by atoms with Crippen LogP contribution in [0.1, 0.15) is 41.3 Å². The van der Waals surface area contributed by atoms with Crippen LogP contribution in [0.4, 0.5) is 4.79 Å². The van der Waals surface area contributed by atoms with Gasteiger partial charge in [0.25, 0.3) is 5.91 Å². The van der Waals surface area contributed by atoms with Gasteiger partial charge in [-0.05, 0) is 49.9 Å². The van der Waals surface area contributed by atoms with Crippen molar-refractivity contribution in [1.82, 2.24) is 10.4 Å². The highest BCUT2D eigenvalue weighted by Crippen LogP contribution is 2.41. The Kier molecular flexibility index (Phi) is 6.42. The Balaban J connectivity index is 2.12. The Morgan fingerprint density at radius 1 is 1.20 bits per heavy atom. The molecule has 1 fully saturated rings. The molecule has 2 aliphatic rings. The second-order valence-electron chi connectivity index (χ2n) is 7.16. The van der Waals surface area contributed by atoms with E-state index in [0.717, 1.165) is 5.56 Å². The first-order valence-electron chi connectivity index (χ1n) is 9.75. The van der Waals surface area contributed by atoms with Gasteiger partial charge in [0.2, 0.25) is 0 Å². The molecule has 1 amide bonds. The minimum atomic E-state index is -0.878. The number of benzene rings is 1. The number of methoxy groups -OCH3 is 1. The summed E-state index contributed by atoms with van der Waals surface area (Å²) in [6.07, 6.45) is 0.0954. The fourth-order valence-electron chi connectivity index (χ4n) is 3.84. The average Bonchev–Trinajstić information content (AvgIpc) is 2.99. The van der Waals surface area contributed by atoms with Crippen molar-refractivity contribution in [2.45, 2.75) is 32.2 Å². The van der Waals surface area contributed by atoms with E-state index in [1.165, 1.54) is 7.11 Å². The zero-order valence-corrected chi connectivity index (χ0v) is 17.6. The molecule has 0 aliphatic carbocycles. The number of hydrogen-bond acceptors (Lipinski definition) is 8. The zero-order chi connectivity index (χ0) is 21.9. The first kappa shape index (κ1) is 21.8. The molecule has 9 nitrogen and oxygen atoms in total. The molecule has 9 heteroatoms. The van der Waals surface area contributed by atoms with Crippen LogP contribution in [0.15, 0.2) is 24.0 Å². The molecule has 0 radical (unpaired) electrons. The van der Waals surface area contributed by atoms with Gasteiger partial charge in [-0.15, -0.1) is 0 Å². The van der Waals surface area contributed by atoms with E-state index >= 15 is 0 Å². The minimum absolute atomic E-state index is 0.143. The molecule has 2 aliphatic heterocycles. The van der Waals surface area contributed by atoms with Crippen molar-refractivity contribution in [2.24, 2.45) is 0 Å². The number of piperidine rings is 1. The van der Waals surface area contributed by atoms with Gasteiger partial charge in [0.1, 0.15) is 5.54 Å². The molecular formula is C21H26N2O7. The number of aryl methyl sites for hydroxylation is 1. The molecule has 0 bridgehead atoms. The summed E-state index contributed by atoms with van der Waals surface area (Å²) in [5, 5.41) is 4.78. The molecule has 1 saturated heterocycles. The first-order valence-corrected chi connectivity index (χ1v) is 9.75. The number of ether oxygens (including phenoxy) is 3. The summed E-state index contributed by atoms with van der Waals surface area (Å²) in [6, 6.07) is 4.92. The van der Waals surface area contributed by atoms with Crippen molar-refractivity contribution < 1.29 is 33.4 Å². The first-order chi connectivity index (χ1) is 14.3. The molecule has 3 rings (SSSR count). The molecule has 162 valence electrons. The fourth-order valence-corrected chi connectivity index (χ4v) is 3.84. The standard InChI is InChI=1S/C21H26N2O7/c1-5-29-20(26)30-17-16(15-12-14(19(25)27-3)7-6-13(15)2)18(24)22-21(17)8-10-23(28-4)11-9-21/h6-7,12H,5,8-11H2,1-4H3,(H,22,24). The third kappa shape index (κ3) is 4.03. The predicted octanol–water partition coefficient (Wildman–Crippen LogP) is 2.19. The number of amides is 1. The van der Waals surface area contributed by atoms with E-state index in [9.17, 15) is 14.4 Å². The fraction of sp³-hybridized carbons (Fsp3) is 0.476. The number of carbonyl (C=O) groups excluding carboxylic acids is 3. The molecule has 1 aromatic carbocycles. The van der Waals surface area contributed by atoms with Crippen molar-refractivity contribution >= 4 is 23.6 Å². The van der Waals surface area contributed by atoms with E-state index in [0.29, 0.717) is 37.1 Å². The second kappa shape index (κ2) is 8.85. The summed E-state index contributed by atoms with van der Waals surface area (Å²) in [5.41, 5.74) is 0.910. The lowest BCUT2D eigenvalue weighted by Gasteiger charge is -2.38. The smallest absolute Gasteiger partial charge is 0.465 e. The van der Waals surface area contributed by atoms with Crippen LogP contribution in [0.3, 0.4) is 0 Å². The van der Waals surface area contributed by atoms with E-state index in [2.05, 4.69) is 5.32 Å². The van der Waals surface area contributed by atoms with Crippen LogP contribution in [0.2, 0.25) is 0 Å². The van der Waals surface area contributed by atoms with Crippen LogP contribution in [-0.4, -0.2) is 62.5 Å².